The van der Waals surface area contributed by atoms with Gasteiger partial charge in [-0.1, -0.05) is 95.8 Å². The smallest absolute Gasteiger partial charge is 0.259 e. The molecule has 2 aromatic rings. The number of thioether (sulfide) groups is 1. The summed E-state index contributed by atoms with van der Waals surface area (Å²) in [5.74, 6) is 1.89. The van der Waals surface area contributed by atoms with Crippen LogP contribution < -0.4 is 14.8 Å². The Morgan fingerprint density at radius 1 is 0.897 bits per heavy atom. The number of amides is 1. The standard InChI is InChI=1S/C32H46N2O3S.BrH/c1-3-4-5-6-7-8-9-10-11-12-13-14-23-37-31-29(16-15-17-30(31)36-2)32(35)33-28-20-18-27(19-21-28)25-34-22-24-38-26-34;/h15-22,24H,3-14,23,25-26H2,1-2H3,(H,33,35);1H. The third-order valence-electron chi connectivity index (χ3n) is 6.89. The molecular weight excluding hydrogens is 572 g/mol. The van der Waals surface area contributed by atoms with Crippen molar-refractivity contribution < 1.29 is 14.3 Å². The zero-order valence-electron chi connectivity index (χ0n) is 23.8. The number of nitrogens with zero attached hydrogens (tertiary/aromatic N) is 1. The highest BCUT2D eigenvalue weighted by Gasteiger charge is 2.17. The van der Waals surface area contributed by atoms with Crippen LogP contribution in [0, 0.1) is 0 Å². The molecule has 2 aromatic carbocycles. The van der Waals surface area contributed by atoms with Gasteiger partial charge in [0.25, 0.3) is 5.91 Å². The topological polar surface area (TPSA) is 50.8 Å². The number of methoxy groups -OCH3 is 1. The molecule has 1 heterocycles. The number of carbonyl (C=O) groups is 1. The van der Waals surface area contributed by atoms with Crippen LogP contribution in [0.5, 0.6) is 11.5 Å². The first-order chi connectivity index (χ1) is 18.7. The van der Waals surface area contributed by atoms with Crippen molar-refractivity contribution in [1.29, 1.82) is 0 Å². The van der Waals surface area contributed by atoms with E-state index in [2.05, 4.69) is 40.9 Å². The fourth-order valence-corrected chi connectivity index (χ4v) is 5.37. The molecule has 0 fully saturated rings. The second kappa shape index (κ2) is 19.9. The van der Waals surface area contributed by atoms with Crippen LogP contribution in [0.1, 0.15) is 99.9 Å². The van der Waals surface area contributed by atoms with Gasteiger partial charge in [-0.2, -0.15) is 0 Å². The molecule has 216 valence electrons. The van der Waals surface area contributed by atoms with E-state index < -0.39 is 0 Å². The van der Waals surface area contributed by atoms with Crippen molar-refractivity contribution in [2.75, 3.05) is 24.9 Å². The summed E-state index contributed by atoms with van der Waals surface area (Å²) in [5.41, 5.74) is 2.47. The van der Waals surface area contributed by atoms with Crippen molar-refractivity contribution in [3.63, 3.8) is 0 Å². The molecule has 0 atom stereocenters. The van der Waals surface area contributed by atoms with Crippen LogP contribution in [0.25, 0.3) is 0 Å². The Hall–Kier alpha value is -2.12. The number of carbonyl (C=O) groups excluding carboxylic acids is 1. The lowest BCUT2D eigenvalue weighted by Gasteiger charge is -2.16. The molecule has 0 saturated heterocycles. The van der Waals surface area contributed by atoms with Gasteiger partial charge in [0.1, 0.15) is 0 Å². The Labute approximate surface area is 250 Å². The van der Waals surface area contributed by atoms with Crippen LogP contribution in [-0.4, -0.2) is 30.4 Å². The first kappa shape index (κ1) is 33.1. The van der Waals surface area contributed by atoms with E-state index in [1.54, 1.807) is 24.9 Å². The fraction of sp³-hybridized carbons (Fsp3) is 0.531. The third kappa shape index (κ3) is 12.3. The lowest BCUT2D eigenvalue weighted by Crippen LogP contribution is -2.15. The van der Waals surface area contributed by atoms with Crippen LogP contribution >= 0.6 is 28.7 Å². The SMILES string of the molecule is Br.CCCCCCCCCCCCCCOc1c(OC)cccc1C(=O)Nc1ccc(CN2C=CSC2)cc1. The summed E-state index contributed by atoms with van der Waals surface area (Å²) in [6.45, 7) is 3.71. The first-order valence-electron chi connectivity index (χ1n) is 14.4. The number of anilines is 1. The number of nitrogens with one attached hydrogen (secondary N) is 1. The monoisotopic (exact) mass is 618 g/mol. The molecule has 39 heavy (non-hydrogen) atoms. The number of para-hydroxylation sites is 1. The molecule has 0 bridgehead atoms. The second-order valence-electron chi connectivity index (χ2n) is 10.1. The second-order valence-corrected chi connectivity index (χ2v) is 10.9. The van der Waals surface area contributed by atoms with Crippen molar-refractivity contribution in [2.24, 2.45) is 0 Å². The van der Waals surface area contributed by atoms with Gasteiger partial charge in [0.05, 0.1) is 25.2 Å². The zero-order valence-corrected chi connectivity index (χ0v) is 26.3. The Morgan fingerprint density at radius 2 is 1.54 bits per heavy atom. The summed E-state index contributed by atoms with van der Waals surface area (Å²) in [7, 11) is 1.61. The predicted molar refractivity (Wildman–Crippen MR) is 171 cm³/mol. The summed E-state index contributed by atoms with van der Waals surface area (Å²) < 4.78 is 11.6. The van der Waals surface area contributed by atoms with E-state index in [1.807, 2.05) is 24.3 Å². The van der Waals surface area contributed by atoms with Crippen LogP contribution in [0.4, 0.5) is 5.69 Å². The molecule has 1 aliphatic rings. The maximum atomic E-state index is 13.1. The number of unbranched alkanes of at least 4 members (excludes halogenated alkanes) is 11. The Kier molecular flexibility index (Phi) is 16.9. The normalized spacial score (nSPS) is 12.3. The highest BCUT2D eigenvalue weighted by Crippen LogP contribution is 2.32. The lowest BCUT2D eigenvalue weighted by molar-refractivity contribution is 0.102. The minimum Gasteiger partial charge on any atom is -0.493 e. The highest BCUT2D eigenvalue weighted by atomic mass is 79.9. The fourth-order valence-electron chi connectivity index (χ4n) is 4.66. The van der Waals surface area contributed by atoms with Crippen molar-refractivity contribution in [2.45, 2.75) is 90.5 Å². The van der Waals surface area contributed by atoms with Crippen LogP contribution in [0.3, 0.4) is 0 Å². The Balaban J connectivity index is 0.00000533. The van der Waals surface area contributed by atoms with Crippen LogP contribution in [0.2, 0.25) is 0 Å². The Morgan fingerprint density at radius 3 is 2.13 bits per heavy atom. The largest absolute Gasteiger partial charge is 0.493 e. The van der Waals surface area contributed by atoms with Gasteiger partial charge in [0, 0.05) is 18.4 Å². The first-order valence-corrected chi connectivity index (χ1v) is 15.5. The van der Waals surface area contributed by atoms with Crippen LogP contribution in [-0.2, 0) is 6.54 Å². The maximum Gasteiger partial charge on any atom is 0.259 e. The van der Waals surface area contributed by atoms with Crippen molar-refractivity contribution in [3.8, 4) is 11.5 Å². The van der Waals surface area contributed by atoms with E-state index in [0.29, 0.717) is 23.7 Å². The lowest BCUT2D eigenvalue weighted by atomic mass is 10.1. The number of halogens is 1. The number of benzene rings is 2. The summed E-state index contributed by atoms with van der Waals surface area (Å²) in [4.78, 5) is 15.4. The van der Waals surface area contributed by atoms with Gasteiger partial charge >= 0.3 is 0 Å². The molecule has 1 N–H and O–H groups in total. The van der Waals surface area contributed by atoms with E-state index in [-0.39, 0.29) is 22.9 Å². The third-order valence-corrected chi connectivity index (χ3v) is 7.69. The molecule has 7 heteroatoms. The summed E-state index contributed by atoms with van der Waals surface area (Å²) in [6, 6.07) is 13.5. The predicted octanol–water partition coefficient (Wildman–Crippen LogP) is 9.58. The van der Waals surface area contributed by atoms with Crippen molar-refractivity contribution >= 4 is 40.3 Å². The summed E-state index contributed by atoms with van der Waals surface area (Å²) in [6.07, 6.45) is 17.7. The number of hydrogen-bond acceptors (Lipinski definition) is 5. The molecule has 3 rings (SSSR count). The van der Waals surface area contributed by atoms with E-state index in [0.717, 1.165) is 31.0 Å². The van der Waals surface area contributed by atoms with Crippen molar-refractivity contribution in [1.82, 2.24) is 4.90 Å². The average molecular weight is 620 g/mol. The number of rotatable bonds is 19. The van der Waals surface area contributed by atoms with E-state index in [9.17, 15) is 4.79 Å². The van der Waals surface area contributed by atoms with E-state index in [4.69, 9.17) is 9.47 Å². The average Bonchev–Trinajstić information content (AvgIpc) is 3.45. The van der Waals surface area contributed by atoms with Gasteiger partial charge in [-0.3, -0.25) is 4.79 Å². The Bertz CT molecular complexity index is 984. The van der Waals surface area contributed by atoms with Gasteiger partial charge < -0.3 is 19.7 Å². The van der Waals surface area contributed by atoms with Gasteiger partial charge in [-0.25, -0.2) is 0 Å². The minimum absolute atomic E-state index is 0. The molecule has 1 aliphatic heterocycles. The molecule has 0 saturated carbocycles. The summed E-state index contributed by atoms with van der Waals surface area (Å²) in [5, 5.41) is 5.13. The minimum atomic E-state index is -0.194. The van der Waals surface area contributed by atoms with E-state index >= 15 is 0 Å². The van der Waals surface area contributed by atoms with Gasteiger partial charge in [0.15, 0.2) is 11.5 Å². The maximum absolute atomic E-state index is 13.1. The number of hydrogen-bond donors (Lipinski definition) is 1. The summed E-state index contributed by atoms with van der Waals surface area (Å²) >= 11 is 1.80. The highest BCUT2D eigenvalue weighted by molar-refractivity contribution is 8.93. The molecule has 0 aliphatic carbocycles. The molecule has 0 unspecified atom stereocenters. The van der Waals surface area contributed by atoms with Gasteiger partial charge in [-0.05, 0) is 41.7 Å². The van der Waals surface area contributed by atoms with Gasteiger partial charge in [0.2, 0.25) is 0 Å². The number of ether oxygens (including phenoxy) is 2. The molecular formula is C32H47BrN2O3S. The molecule has 0 spiro atoms. The van der Waals surface area contributed by atoms with E-state index in [1.165, 1.54) is 69.8 Å². The molecule has 5 nitrogen and oxygen atoms in total. The molecule has 1 amide bonds. The zero-order chi connectivity index (χ0) is 26.8. The quantitative estimate of drug-likeness (QED) is 0.159. The van der Waals surface area contributed by atoms with Crippen molar-refractivity contribution in [3.05, 3.63) is 65.2 Å². The molecule has 0 aromatic heterocycles. The van der Waals surface area contributed by atoms with Gasteiger partial charge in [-0.15, -0.1) is 28.7 Å². The van der Waals surface area contributed by atoms with Crippen LogP contribution in [0.15, 0.2) is 54.1 Å². The molecule has 0 radical (unpaired) electrons.